The minimum Gasteiger partial charge on any atom is -0.450 e. The van der Waals surface area contributed by atoms with Crippen LogP contribution in [0.5, 0.6) is 0 Å². The number of hydrogen-bond acceptors (Lipinski definition) is 4. The van der Waals surface area contributed by atoms with Crippen LogP contribution in [0.3, 0.4) is 0 Å². The van der Waals surface area contributed by atoms with Crippen molar-refractivity contribution in [2.75, 3.05) is 6.61 Å². The molecule has 1 amide bonds. The Labute approximate surface area is 100 Å². The Balaban J connectivity index is 4.21. The van der Waals surface area contributed by atoms with Crippen LogP contribution in [0.25, 0.3) is 0 Å². The molecule has 0 radical (unpaired) electrons. The second-order valence-corrected chi connectivity index (χ2v) is 2.91. The number of thiocarbonyl (C=S) groups is 1. The first-order chi connectivity index (χ1) is 7.63. The number of hydrogen-bond donors (Lipinski definition) is 2. The van der Waals surface area contributed by atoms with E-state index < -0.39 is 6.09 Å². The van der Waals surface area contributed by atoms with E-state index in [0.29, 0.717) is 5.84 Å². The topological polar surface area (TPSA) is 62.7 Å². The van der Waals surface area contributed by atoms with Crippen molar-refractivity contribution in [3.05, 3.63) is 24.9 Å². The fourth-order valence-electron chi connectivity index (χ4n) is 0.698. The van der Waals surface area contributed by atoms with Gasteiger partial charge in [-0.2, -0.15) is 0 Å². The molecule has 0 aliphatic heterocycles. The van der Waals surface area contributed by atoms with Crippen molar-refractivity contribution in [1.82, 2.24) is 10.6 Å². The SMILES string of the molecule is C=C/C(=N\C=C/C)NC(=S)NC(=O)OCC. The summed E-state index contributed by atoms with van der Waals surface area (Å²) in [6.07, 6.45) is 4.22. The van der Waals surface area contributed by atoms with Crippen LogP contribution in [-0.4, -0.2) is 23.6 Å². The van der Waals surface area contributed by atoms with E-state index in [1.165, 1.54) is 6.08 Å². The first kappa shape index (κ1) is 14.3. The summed E-state index contributed by atoms with van der Waals surface area (Å²) < 4.78 is 4.65. The van der Waals surface area contributed by atoms with Crippen LogP contribution in [0.4, 0.5) is 4.79 Å². The van der Waals surface area contributed by atoms with Gasteiger partial charge < -0.3 is 10.1 Å². The third-order valence-corrected chi connectivity index (χ3v) is 1.49. The van der Waals surface area contributed by atoms with Crippen molar-refractivity contribution < 1.29 is 9.53 Å². The van der Waals surface area contributed by atoms with Gasteiger partial charge in [-0.3, -0.25) is 5.32 Å². The van der Waals surface area contributed by atoms with Crippen LogP contribution in [0, 0.1) is 0 Å². The van der Waals surface area contributed by atoms with E-state index in [1.807, 2.05) is 6.92 Å². The number of alkyl carbamates (subject to hydrolysis) is 1. The van der Waals surface area contributed by atoms with Crippen molar-refractivity contribution in [2.45, 2.75) is 13.8 Å². The highest BCUT2D eigenvalue weighted by Gasteiger charge is 2.04. The smallest absolute Gasteiger partial charge is 0.413 e. The maximum Gasteiger partial charge on any atom is 0.413 e. The lowest BCUT2D eigenvalue weighted by atomic mass is 10.5. The van der Waals surface area contributed by atoms with Crippen molar-refractivity contribution in [1.29, 1.82) is 0 Å². The Morgan fingerprint density at radius 1 is 1.56 bits per heavy atom. The third kappa shape index (κ3) is 6.72. The standard InChI is InChI=1S/C10H15N3O2S/c1-4-7-11-8(5-2)12-9(16)13-10(14)15-6-3/h4-5,7H,2,6H2,1,3H3,(H2,11,12,13,14,16)/b7-4-. The molecular weight excluding hydrogens is 226 g/mol. The number of ether oxygens (including phenoxy) is 1. The molecule has 6 heteroatoms. The van der Waals surface area contributed by atoms with Crippen LogP contribution >= 0.6 is 12.2 Å². The summed E-state index contributed by atoms with van der Waals surface area (Å²) in [5.74, 6) is 0.444. The first-order valence-electron chi connectivity index (χ1n) is 4.70. The van der Waals surface area contributed by atoms with Crippen LogP contribution in [-0.2, 0) is 4.74 Å². The molecule has 0 aromatic carbocycles. The van der Waals surface area contributed by atoms with Gasteiger partial charge in [-0.05, 0) is 32.1 Å². The summed E-state index contributed by atoms with van der Waals surface area (Å²) in [6.45, 7) is 7.38. The van der Waals surface area contributed by atoms with Gasteiger partial charge >= 0.3 is 6.09 Å². The Bertz CT molecular complexity index is 324. The molecule has 88 valence electrons. The van der Waals surface area contributed by atoms with E-state index in [2.05, 4.69) is 26.9 Å². The fourth-order valence-corrected chi connectivity index (χ4v) is 0.886. The van der Waals surface area contributed by atoms with E-state index >= 15 is 0 Å². The van der Waals surface area contributed by atoms with Gasteiger partial charge in [0.2, 0.25) is 0 Å². The predicted octanol–water partition coefficient (Wildman–Crippen LogP) is 1.73. The first-order valence-corrected chi connectivity index (χ1v) is 5.11. The lowest BCUT2D eigenvalue weighted by Gasteiger charge is -2.08. The number of rotatable bonds is 3. The molecule has 0 aliphatic carbocycles. The minimum atomic E-state index is -0.602. The van der Waals surface area contributed by atoms with Crippen LogP contribution in [0.1, 0.15) is 13.8 Å². The molecule has 0 rings (SSSR count). The number of nitrogens with one attached hydrogen (secondary N) is 2. The number of carbonyl (C=O) groups excluding carboxylic acids is 1. The summed E-state index contributed by atoms with van der Waals surface area (Å²) in [4.78, 5) is 15.0. The maximum atomic E-state index is 11.0. The highest BCUT2D eigenvalue weighted by Crippen LogP contribution is 1.82. The van der Waals surface area contributed by atoms with Crippen molar-refractivity contribution in [2.24, 2.45) is 4.99 Å². The van der Waals surface area contributed by atoms with Gasteiger partial charge in [-0.25, -0.2) is 9.79 Å². The van der Waals surface area contributed by atoms with Crippen LogP contribution in [0.15, 0.2) is 29.9 Å². The molecule has 16 heavy (non-hydrogen) atoms. The maximum absolute atomic E-state index is 11.0. The molecule has 0 bridgehead atoms. The number of carbonyl (C=O) groups is 1. The van der Waals surface area contributed by atoms with E-state index in [4.69, 9.17) is 12.2 Å². The van der Waals surface area contributed by atoms with Gasteiger partial charge in [0.15, 0.2) is 5.11 Å². The molecule has 0 unspecified atom stereocenters. The molecule has 0 aliphatic rings. The molecule has 0 aromatic heterocycles. The molecule has 0 fully saturated rings. The lowest BCUT2D eigenvalue weighted by Crippen LogP contribution is -2.41. The van der Waals surface area contributed by atoms with Gasteiger partial charge in [0.05, 0.1) is 6.61 Å². The monoisotopic (exact) mass is 241 g/mol. The van der Waals surface area contributed by atoms with E-state index in [0.717, 1.165) is 0 Å². The molecule has 2 N–H and O–H groups in total. The summed E-state index contributed by atoms with van der Waals surface area (Å²) in [5, 5.41) is 5.13. The van der Waals surface area contributed by atoms with E-state index in [-0.39, 0.29) is 11.7 Å². The average molecular weight is 241 g/mol. The molecule has 0 saturated heterocycles. The second kappa shape index (κ2) is 8.60. The molecule has 5 nitrogen and oxygen atoms in total. The highest BCUT2D eigenvalue weighted by atomic mass is 32.1. The van der Waals surface area contributed by atoms with E-state index in [9.17, 15) is 4.79 Å². The fraction of sp³-hybridized carbons (Fsp3) is 0.300. The third-order valence-electron chi connectivity index (χ3n) is 1.29. The normalized spacial score (nSPS) is 11.0. The Kier molecular flexibility index (Phi) is 7.70. The number of amidine groups is 1. The zero-order valence-electron chi connectivity index (χ0n) is 9.32. The molecule has 0 heterocycles. The van der Waals surface area contributed by atoms with Gasteiger partial charge in [0, 0.05) is 6.20 Å². The molecule has 0 saturated carbocycles. The number of aliphatic imine (C=N–C) groups is 1. The minimum absolute atomic E-state index is 0.113. The number of amides is 1. The van der Waals surface area contributed by atoms with Gasteiger partial charge in [-0.1, -0.05) is 12.7 Å². The largest absolute Gasteiger partial charge is 0.450 e. The molecular formula is C10H15N3O2S. The Morgan fingerprint density at radius 3 is 2.75 bits per heavy atom. The number of nitrogens with zero attached hydrogens (tertiary/aromatic N) is 1. The molecule has 0 spiro atoms. The van der Waals surface area contributed by atoms with E-state index in [1.54, 1.807) is 19.2 Å². The second-order valence-electron chi connectivity index (χ2n) is 2.50. The predicted molar refractivity (Wildman–Crippen MR) is 68.3 cm³/mol. The van der Waals surface area contributed by atoms with Gasteiger partial charge in [0.1, 0.15) is 5.84 Å². The quantitative estimate of drug-likeness (QED) is 0.449. The zero-order valence-corrected chi connectivity index (χ0v) is 10.1. The van der Waals surface area contributed by atoms with Crippen molar-refractivity contribution in [3.63, 3.8) is 0 Å². The summed E-state index contributed by atoms with van der Waals surface area (Å²) in [7, 11) is 0. The van der Waals surface area contributed by atoms with Crippen LogP contribution < -0.4 is 10.6 Å². The lowest BCUT2D eigenvalue weighted by molar-refractivity contribution is 0.158. The summed E-state index contributed by atoms with van der Waals surface area (Å²) >= 11 is 4.86. The van der Waals surface area contributed by atoms with Crippen LogP contribution in [0.2, 0.25) is 0 Å². The van der Waals surface area contributed by atoms with Gasteiger partial charge in [-0.15, -0.1) is 0 Å². The summed E-state index contributed by atoms with van der Waals surface area (Å²) in [6, 6.07) is 0. The molecule has 0 aromatic rings. The van der Waals surface area contributed by atoms with Crippen molar-refractivity contribution in [3.8, 4) is 0 Å². The number of allylic oxidation sites excluding steroid dienone is 1. The zero-order chi connectivity index (χ0) is 12.4. The Hall–Kier alpha value is -1.69. The van der Waals surface area contributed by atoms with Gasteiger partial charge in [0.25, 0.3) is 0 Å². The highest BCUT2D eigenvalue weighted by molar-refractivity contribution is 7.80. The summed E-state index contributed by atoms with van der Waals surface area (Å²) in [5.41, 5.74) is 0. The molecule has 0 atom stereocenters. The average Bonchev–Trinajstić information content (AvgIpc) is 2.24. The van der Waals surface area contributed by atoms with Crippen molar-refractivity contribution >= 4 is 29.3 Å². The Morgan fingerprint density at radius 2 is 2.25 bits per heavy atom.